The van der Waals surface area contributed by atoms with E-state index in [4.69, 9.17) is 21.1 Å². The number of anilines is 1. The standard InChI is InChI=1S/C21H18ClNO4/c22-15-3-1-2-4-16(15)26-13-7-5-12(6-8-13)23-20(24)18-11-9-14-17(10-11)27-21(25)19(14)18/h1-8,11,14,17-19H,9-10H2,(H,23,24)/t11-,14-,17+,18-,19-/m0/s1. The summed E-state index contributed by atoms with van der Waals surface area (Å²) in [6, 6.07) is 14.4. The molecule has 1 saturated heterocycles. The minimum atomic E-state index is -0.277. The maximum absolute atomic E-state index is 12.8. The molecule has 2 aromatic rings. The molecule has 2 aliphatic carbocycles. The predicted octanol–water partition coefficient (Wildman–Crippen LogP) is 4.27. The zero-order valence-corrected chi connectivity index (χ0v) is 15.2. The Hall–Kier alpha value is -2.53. The largest absolute Gasteiger partial charge is 0.462 e. The number of halogens is 1. The highest BCUT2D eigenvalue weighted by Crippen LogP contribution is 2.57. The molecular weight excluding hydrogens is 366 g/mol. The summed E-state index contributed by atoms with van der Waals surface area (Å²) in [6.07, 6.45) is 1.78. The van der Waals surface area contributed by atoms with Crippen molar-refractivity contribution in [3.63, 3.8) is 0 Å². The van der Waals surface area contributed by atoms with Crippen LogP contribution in [0.4, 0.5) is 5.69 Å². The van der Waals surface area contributed by atoms with Gasteiger partial charge in [0.25, 0.3) is 0 Å². The van der Waals surface area contributed by atoms with E-state index in [9.17, 15) is 9.59 Å². The van der Waals surface area contributed by atoms with Gasteiger partial charge in [0, 0.05) is 11.6 Å². The summed E-state index contributed by atoms with van der Waals surface area (Å²) < 4.78 is 11.2. The van der Waals surface area contributed by atoms with E-state index in [2.05, 4.69) is 5.32 Å². The third kappa shape index (κ3) is 2.77. The quantitative estimate of drug-likeness (QED) is 0.801. The Kier molecular flexibility index (Phi) is 3.86. The first-order valence-corrected chi connectivity index (χ1v) is 9.52. The maximum Gasteiger partial charge on any atom is 0.310 e. The van der Waals surface area contributed by atoms with E-state index in [1.807, 2.05) is 12.1 Å². The summed E-state index contributed by atoms with van der Waals surface area (Å²) >= 11 is 6.10. The molecule has 6 heteroatoms. The van der Waals surface area contributed by atoms with Crippen molar-refractivity contribution in [2.45, 2.75) is 18.9 Å². The Balaban J connectivity index is 1.27. The number of para-hydroxylation sites is 1. The Bertz CT molecular complexity index is 911. The highest BCUT2D eigenvalue weighted by Gasteiger charge is 2.63. The highest BCUT2D eigenvalue weighted by molar-refractivity contribution is 6.32. The summed E-state index contributed by atoms with van der Waals surface area (Å²) in [5.74, 6) is 0.842. The van der Waals surface area contributed by atoms with E-state index in [0.29, 0.717) is 22.2 Å². The van der Waals surface area contributed by atoms with Crippen LogP contribution >= 0.6 is 11.6 Å². The number of amides is 1. The number of esters is 1. The normalized spacial score (nSPS) is 30.3. The van der Waals surface area contributed by atoms with Crippen LogP contribution in [0, 0.1) is 23.7 Å². The average molecular weight is 384 g/mol. The van der Waals surface area contributed by atoms with Gasteiger partial charge in [0.1, 0.15) is 17.6 Å². The number of benzene rings is 2. The lowest BCUT2D eigenvalue weighted by molar-refractivity contribution is -0.145. The Labute approximate surface area is 161 Å². The van der Waals surface area contributed by atoms with Crippen LogP contribution in [-0.4, -0.2) is 18.0 Å². The number of fused-ring (bicyclic) bond motifs is 1. The second-order valence-electron chi connectivity index (χ2n) is 7.47. The smallest absolute Gasteiger partial charge is 0.310 e. The molecule has 1 N–H and O–H groups in total. The predicted molar refractivity (Wildman–Crippen MR) is 99.7 cm³/mol. The number of hydrogen-bond acceptors (Lipinski definition) is 4. The van der Waals surface area contributed by atoms with E-state index >= 15 is 0 Å². The summed E-state index contributed by atoms with van der Waals surface area (Å²) in [5, 5.41) is 3.48. The van der Waals surface area contributed by atoms with Crippen molar-refractivity contribution in [1.82, 2.24) is 0 Å². The van der Waals surface area contributed by atoms with Crippen molar-refractivity contribution in [1.29, 1.82) is 0 Å². The summed E-state index contributed by atoms with van der Waals surface area (Å²) in [5.41, 5.74) is 0.678. The molecule has 0 radical (unpaired) electrons. The number of hydrogen-bond donors (Lipinski definition) is 1. The van der Waals surface area contributed by atoms with Crippen molar-refractivity contribution in [3.8, 4) is 11.5 Å². The summed E-state index contributed by atoms with van der Waals surface area (Å²) in [6.45, 7) is 0. The second kappa shape index (κ2) is 6.27. The molecule has 3 fully saturated rings. The SMILES string of the molecule is O=C(Nc1ccc(Oc2ccccc2Cl)cc1)[C@H]1[C@H]2C[C@@H]3[C@@H]1C(=O)O[C@@H]3C2. The van der Waals surface area contributed by atoms with Gasteiger partial charge >= 0.3 is 5.97 Å². The van der Waals surface area contributed by atoms with Gasteiger partial charge in [-0.2, -0.15) is 0 Å². The Morgan fingerprint density at radius 3 is 2.67 bits per heavy atom. The third-order valence-corrected chi connectivity index (χ3v) is 6.28. The van der Waals surface area contributed by atoms with Crippen molar-refractivity contribution in [2.24, 2.45) is 23.7 Å². The van der Waals surface area contributed by atoms with Gasteiger partial charge in [0.2, 0.25) is 5.91 Å². The summed E-state index contributed by atoms with van der Waals surface area (Å²) in [7, 11) is 0. The first-order valence-electron chi connectivity index (χ1n) is 9.14. The van der Waals surface area contributed by atoms with Crippen LogP contribution in [-0.2, 0) is 14.3 Å². The second-order valence-corrected chi connectivity index (χ2v) is 7.88. The van der Waals surface area contributed by atoms with Gasteiger partial charge in [-0.05, 0) is 55.2 Å². The highest BCUT2D eigenvalue weighted by atomic mass is 35.5. The van der Waals surface area contributed by atoms with Gasteiger partial charge in [-0.15, -0.1) is 0 Å². The molecule has 5 rings (SSSR count). The lowest BCUT2D eigenvalue weighted by Crippen LogP contribution is -2.35. The molecule has 1 amide bonds. The molecule has 1 heterocycles. The molecule has 5 atom stereocenters. The van der Waals surface area contributed by atoms with Crippen LogP contribution < -0.4 is 10.1 Å². The van der Waals surface area contributed by atoms with Gasteiger partial charge in [0.05, 0.1) is 16.9 Å². The number of nitrogens with one attached hydrogen (secondary N) is 1. The topological polar surface area (TPSA) is 64.6 Å². The van der Waals surface area contributed by atoms with Crippen molar-refractivity contribution >= 4 is 29.2 Å². The minimum Gasteiger partial charge on any atom is -0.462 e. The molecule has 2 bridgehead atoms. The van der Waals surface area contributed by atoms with E-state index < -0.39 is 0 Å². The van der Waals surface area contributed by atoms with E-state index in [1.165, 1.54) is 0 Å². The van der Waals surface area contributed by atoms with E-state index in [0.717, 1.165) is 12.8 Å². The number of ether oxygens (including phenoxy) is 2. The molecular formula is C21H18ClNO4. The molecule has 27 heavy (non-hydrogen) atoms. The van der Waals surface area contributed by atoms with Gasteiger partial charge in [0.15, 0.2) is 0 Å². The fourth-order valence-corrected chi connectivity index (χ4v) is 5.02. The first-order chi connectivity index (χ1) is 13.1. The molecule has 3 aliphatic rings. The average Bonchev–Trinajstić information content (AvgIpc) is 3.27. The van der Waals surface area contributed by atoms with Gasteiger partial charge in [-0.25, -0.2) is 0 Å². The zero-order chi connectivity index (χ0) is 18.5. The van der Waals surface area contributed by atoms with Gasteiger partial charge in [-0.1, -0.05) is 23.7 Å². The summed E-state index contributed by atoms with van der Waals surface area (Å²) in [4.78, 5) is 24.9. The van der Waals surface area contributed by atoms with E-state index in [-0.39, 0.29) is 41.7 Å². The first kappa shape index (κ1) is 16.6. The van der Waals surface area contributed by atoms with Crippen molar-refractivity contribution in [2.75, 3.05) is 5.32 Å². The zero-order valence-electron chi connectivity index (χ0n) is 14.4. The van der Waals surface area contributed by atoms with Gasteiger partial charge < -0.3 is 14.8 Å². The Morgan fingerprint density at radius 1 is 1.11 bits per heavy atom. The molecule has 0 unspecified atom stereocenters. The molecule has 0 aromatic heterocycles. The molecule has 2 aromatic carbocycles. The molecule has 0 spiro atoms. The van der Waals surface area contributed by atoms with Gasteiger partial charge in [-0.3, -0.25) is 9.59 Å². The number of carbonyl (C=O) groups is 2. The molecule has 1 aliphatic heterocycles. The third-order valence-electron chi connectivity index (χ3n) is 5.97. The molecule has 2 saturated carbocycles. The van der Waals surface area contributed by atoms with Crippen molar-refractivity contribution < 1.29 is 19.1 Å². The van der Waals surface area contributed by atoms with Crippen LogP contribution in [0.5, 0.6) is 11.5 Å². The lowest BCUT2D eigenvalue weighted by atomic mass is 9.79. The Morgan fingerprint density at radius 2 is 1.89 bits per heavy atom. The maximum atomic E-state index is 12.8. The van der Waals surface area contributed by atoms with Crippen LogP contribution in [0.3, 0.4) is 0 Å². The lowest BCUT2D eigenvalue weighted by Gasteiger charge is -2.23. The van der Waals surface area contributed by atoms with Crippen LogP contribution in [0.15, 0.2) is 48.5 Å². The van der Waals surface area contributed by atoms with Crippen LogP contribution in [0.1, 0.15) is 12.8 Å². The van der Waals surface area contributed by atoms with Crippen LogP contribution in [0.2, 0.25) is 5.02 Å². The fourth-order valence-electron chi connectivity index (χ4n) is 4.85. The number of carbonyl (C=O) groups excluding carboxylic acids is 2. The molecule has 5 nitrogen and oxygen atoms in total. The fraction of sp³-hybridized carbons (Fsp3) is 0.333. The monoisotopic (exact) mass is 383 g/mol. The van der Waals surface area contributed by atoms with Crippen LogP contribution in [0.25, 0.3) is 0 Å². The van der Waals surface area contributed by atoms with Crippen molar-refractivity contribution in [3.05, 3.63) is 53.6 Å². The number of rotatable bonds is 4. The molecule has 138 valence electrons. The minimum absolute atomic E-state index is 0.0396. The van der Waals surface area contributed by atoms with E-state index in [1.54, 1.807) is 36.4 Å².